The molecule has 0 saturated carbocycles. The number of aromatic nitrogens is 1. The number of fused-ring (bicyclic) bond motifs is 1. The van der Waals surface area contributed by atoms with Gasteiger partial charge in [-0.05, 0) is 59.9 Å². The van der Waals surface area contributed by atoms with Crippen LogP contribution in [0.15, 0.2) is 78.6 Å². The minimum absolute atomic E-state index is 0.143. The van der Waals surface area contributed by atoms with E-state index in [-0.39, 0.29) is 5.78 Å². The van der Waals surface area contributed by atoms with Crippen molar-refractivity contribution in [2.75, 3.05) is 0 Å². The molecule has 0 aliphatic heterocycles. The number of ether oxygens (including phenoxy) is 1. The number of benzene rings is 2. The second kappa shape index (κ2) is 7.36. The number of ketones is 1. The molecule has 0 saturated heterocycles. The number of carbonyl (C=O) groups is 1. The number of carbonyl (C=O) groups excluding carboxylic acids is 1. The van der Waals surface area contributed by atoms with Gasteiger partial charge in [0.05, 0.1) is 0 Å². The summed E-state index contributed by atoms with van der Waals surface area (Å²) in [4.78, 5) is 16.6. The van der Waals surface area contributed by atoms with Crippen LogP contribution in [0.1, 0.15) is 33.5 Å². The Bertz CT molecular complexity index is 943. The Morgan fingerprint density at radius 3 is 2.50 bits per heavy atom. The molecule has 0 radical (unpaired) electrons. The predicted octanol–water partition coefficient (Wildman–Crippen LogP) is 4.87. The summed E-state index contributed by atoms with van der Waals surface area (Å²) in [5, 5.41) is 0. The number of hydrogen-bond donors (Lipinski definition) is 0. The van der Waals surface area contributed by atoms with Gasteiger partial charge in [-0.25, -0.2) is 0 Å². The van der Waals surface area contributed by atoms with Crippen LogP contribution in [0.3, 0.4) is 0 Å². The van der Waals surface area contributed by atoms with E-state index >= 15 is 0 Å². The molecule has 1 heterocycles. The third kappa shape index (κ3) is 3.57. The van der Waals surface area contributed by atoms with Crippen molar-refractivity contribution in [3.63, 3.8) is 0 Å². The van der Waals surface area contributed by atoms with Crippen LogP contribution in [0.5, 0.6) is 5.75 Å². The summed E-state index contributed by atoms with van der Waals surface area (Å²) in [7, 11) is 0. The van der Waals surface area contributed by atoms with Gasteiger partial charge >= 0.3 is 0 Å². The maximum Gasteiger partial charge on any atom is 0.189 e. The Kier molecular flexibility index (Phi) is 4.61. The van der Waals surface area contributed by atoms with Gasteiger partial charge in [0.1, 0.15) is 12.4 Å². The van der Waals surface area contributed by atoms with Gasteiger partial charge in [0, 0.05) is 23.5 Å². The highest BCUT2D eigenvalue weighted by Crippen LogP contribution is 2.27. The van der Waals surface area contributed by atoms with Crippen molar-refractivity contribution >= 4 is 11.9 Å². The van der Waals surface area contributed by atoms with E-state index in [1.165, 1.54) is 0 Å². The summed E-state index contributed by atoms with van der Waals surface area (Å²) in [6.45, 7) is 0.512. The Hall–Kier alpha value is -3.20. The van der Waals surface area contributed by atoms with Gasteiger partial charge in [0.25, 0.3) is 0 Å². The van der Waals surface area contributed by atoms with E-state index in [1.54, 1.807) is 12.4 Å². The van der Waals surface area contributed by atoms with E-state index in [9.17, 15) is 4.79 Å². The molecule has 4 rings (SSSR count). The maximum absolute atomic E-state index is 12.6. The van der Waals surface area contributed by atoms with Gasteiger partial charge in [-0.3, -0.25) is 9.78 Å². The second-order valence-corrected chi connectivity index (χ2v) is 6.37. The summed E-state index contributed by atoms with van der Waals surface area (Å²) in [5.41, 5.74) is 4.95. The molecule has 0 amide bonds. The van der Waals surface area contributed by atoms with Crippen molar-refractivity contribution in [1.29, 1.82) is 0 Å². The van der Waals surface area contributed by atoms with E-state index in [2.05, 4.69) is 4.98 Å². The van der Waals surface area contributed by atoms with Gasteiger partial charge < -0.3 is 4.74 Å². The smallest absolute Gasteiger partial charge is 0.189 e. The fraction of sp³-hybridized carbons (Fsp3) is 0.130. The SMILES string of the molecule is O=C1/C(=C/c2ccc(OCc3ccncc3)cc2)CCc2ccccc21. The van der Waals surface area contributed by atoms with Crippen LogP contribution in [-0.4, -0.2) is 10.8 Å². The van der Waals surface area contributed by atoms with Crippen LogP contribution >= 0.6 is 0 Å². The highest BCUT2D eigenvalue weighted by molar-refractivity contribution is 6.13. The highest BCUT2D eigenvalue weighted by atomic mass is 16.5. The number of allylic oxidation sites excluding steroid dienone is 1. The Labute approximate surface area is 153 Å². The van der Waals surface area contributed by atoms with Gasteiger partial charge in [-0.1, -0.05) is 36.4 Å². The third-order valence-corrected chi connectivity index (χ3v) is 4.59. The zero-order chi connectivity index (χ0) is 17.8. The van der Waals surface area contributed by atoms with Crippen LogP contribution < -0.4 is 4.74 Å². The molecule has 1 aliphatic carbocycles. The van der Waals surface area contributed by atoms with Gasteiger partial charge in [0.15, 0.2) is 5.78 Å². The molecular formula is C23H19NO2. The summed E-state index contributed by atoms with van der Waals surface area (Å²) in [6.07, 6.45) is 7.21. The lowest BCUT2D eigenvalue weighted by molar-refractivity contribution is 0.102. The Morgan fingerprint density at radius 2 is 1.69 bits per heavy atom. The van der Waals surface area contributed by atoms with E-state index in [0.29, 0.717) is 6.61 Å². The lowest BCUT2D eigenvalue weighted by atomic mass is 9.86. The zero-order valence-corrected chi connectivity index (χ0v) is 14.4. The van der Waals surface area contributed by atoms with Crippen LogP contribution in [0.4, 0.5) is 0 Å². The molecule has 26 heavy (non-hydrogen) atoms. The first-order valence-corrected chi connectivity index (χ1v) is 8.74. The fourth-order valence-electron chi connectivity index (χ4n) is 3.16. The highest BCUT2D eigenvalue weighted by Gasteiger charge is 2.20. The Balaban J connectivity index is 1.46. The molecule has 1 aliphatic rings. The largest absolute Gasteiger partial charge is 0.489 e. The topological polar surface area (TPSA) is 39.2 Å². The molecule has 0 atom stereocenters. The van der Waals surface area contributed by atoms with Crippen LogP contribution in [0.25, 0.3) is 6.08 Å². The molecule has 0 N–H and O–H groups in total. The number of pyridine rings is 1. The lowest BCUT2D eigenvalue weighted by Crippen LogP contribution is -2.13. The normalized spacial score (nSPS) is 14.9. The van der Waals surface area contributed by atoms with E-state index in [1.807, 2.05) is 66.7 Å². The quantitative estimate of drug-likeness (QED) is 0.635. The number of rotatable bonds is 4. The summed E-state index contributed by atoms with van der Waals surface area (Å²) in [5.74, 6) is 0.953. The number of Topliss-reactive ketones (excluding diaryl/α,β-unsaturated/α-hetero) is 1. The first-order valence-electron chi connectivity index (χ1n) is 8.74. The fourth-order valence-corrected chi connectivity index (χ4v) is 3.16. The number of hydrogen-bond acceptors (Lipinski definition) is 3. The van der Waals surface area contributed by atoms with Crippen molar-refractivity contribution in [2.24, 2.45) is 0 Å². The lowest BCUT2D eigenvalue weighted by Gasteiger charge is -2.17. The zero-order valence-electron chi connectivity index (χ0n) is 14.4. The van der Waals surface area contributed by atoms with E-state index in [0.717, 1.165) is 46.4 Å². The average Bonchev–Trinajstić information content (AvgIpc) is 2.70. The molecule has 0 unspecified atom stereocenters. The number of aryl methyl sites for hydroxylation is 1. The minimum Gasteiger partial charge on any atom is -0.489 e. The molecule has 3 aromatic rings. The predicted molar refractivity (Wildman–Crippen MR) is 102 cm³/mol. The molecule has 128 valence electrons. The van der Waals surface area contributed by atoms with Crippen molar-refractivity contribution in [1.82, 2.24) is 4.98 Å². The van der Waals surface area contributed by atoms with Gasteiger partial charge in [-0.2, -0.15) is 0 Å². The van der Waals surface area contributed by atoms with Crippen LogP contribution in [-0.2, 0) is 13.0 Å². The van der Waals surface area contributed by atoms with Gasteiger partial charge in [-0.15, -0.1) is 0 Å². The van der Waals surface area contributed by atoms with Crippen LogP contribution in [0, 0.1) is 0 Å². The molecule has 0 bridgehead atoms. The van der Waals surface area contributed by atoms with Crippen molar-refractivity contribution in [3.05, 3.63) is 101 Å². The van der Waals surface area contributed by atoms with Crippen molar-refractivity contribution < 1.29 is 9.53 Å². The first-order chi connectivity index (χ1) is 12.8. The molecule has 0 fully saturated rings. The molecule has 3 nitrogen and oxygen atoms in total. The van der Waals surface area contributed by atoms with Crippen molar-refractivity contribution in [3.8, 4) is 5.75 Å². The first kappa shape index (κ1) is 16.3. The molecular weight excluding hydrogens is 322 g/mol. The Morgan fingerprint density at radius 1 is 0.923 bits per heavy atom. The van der Waals surface area contributed by atoms with E-state index in [4.69, 9.17) is 4.74 Å². The minimum atomic E-state index is 0.143. The third-order valence-electron chi connectivity index (χ3n) is 4.59. The summed E-state index contributed by atoms with van der Waals surface area (Å²) in [6, 6.07) is 19.6. The van der Waals surface area contributed by atoms with Crippen LogP contribution in [0.2, 0.25) is 0 Å². The summed E-state index contributed by atoms with van der Waals surface area (Å²) < 4.78 is 5.79. The standard InChI is InChI=1S/C23H19NO2/c25-23-20(8-7-19-3-1-2-4-22(19)23)15-17-5-9-21(10-6-17)26-16-18-11-13-24-14-12-18/h1-6,9-15H,7-8,16H2/b20-15+. The molecule has 3 heteroatoms. The second-order valence-electron chi connectivity index (χ2n) is 6.37. The van der Waals surface area contributed by atoms with E-state index < -0.39 is 0 Å². The number of nitrogens with zero attached hydrogens (tertiary/aromatic N) is 1. The molecule has 1 aromatic heterocycles. The average molecular weight is 341 g/mol. The van der Waals surface area contributed by atoms with Crippen molar-refractivity contribution in [2.45, 2.75) is 19.4 Å². The molecule has 0 spiro atoms. The van der Waals surface area contributed by atoms with Gasteiger partial charge in [0.2, 0.25) is 0 Å². The molecule has 2 aromatic carbocycles. The maximum atomic E-state index is 12.6. The monoisotopic (exact) mass is 341 g/mol. The summed E-state index contributed by atoms with van der Waals surface area (Å²) >= 11 is 0.